The van der Waals surface area contributed by atoms with Crippen LogP contribution in [-0.4, -0.2) is 18.9 Å². The molecule has 1 aliphatic rings. The second-order valence-electron chi connectivity index (χ2n) is 7.83. The number of aryl methyl sites for hydroxylation is 2. The Morgan fingerprint density at radius 3 is 1.75 bits per heavy atom. The predicted molar refractivity (Wildman–Crippen MR) is 128 cm³/mol. The molecule has 0 saturated carbocycles. The quantitative estimate of drug-likeness (QED) is 0.211. The second kappa shape index (κ2) is 13.5. The molecule has 176 valence electrons. The number of unbranched alkanes of at least 4 members (excludes halogenated alkanes) is 2. The van der Waals surface area contributed by atoms with Crippen LogP contribution in [0.2, 0.25) is 0 Å². The molecule has 0 radical (unpaired) electrons. The van der Waals surface area contributed by atoms with Gasteiger partial charge in [-0.15, -0.1) is 0 Å². The Bertz CT molecular complexity index is 977. The summed E-state index contributed by atoms with van der Waals surface area (Å²) in [5, 5.41) is 0. The molecule has 5 heteroatoms. The second-order valence-corrected chi connectivity index (χ2v) is 8.80. The van der Waals surface area contributed by atoms with E-state index in [1.54, 1.807) is 14.2 Å². The van der Waals surface area contributed by atoms with Crippen LogP contribution in [-0.2, 0) is 22.8 Å². The zero-order valence-electron chi connectivity index (χ0n) is 20.2. The van der Waals surface area contributed by atoms with E-state index in [1.165, 1.54) is 39.8 Å². The molecule has 3 rings (SSSR count). The molecule has 0 spiro atoms. The van der Waals surface area contributed by atoms with Gasteiger partial charge >= 0.3 is 37.1 Å². The van der Waals surface area contributed by atoms with E-state index >= 15 is 0 Å². The number of allylic oxidation sites excluding steroid dienone is 2. The number of rotatable bonds is 9. The number of benzene rings is 2. The average molecular weight is 479 g/mol. The summed E-state index contributed by atoms with van der Waals surface area (Å²) in [6.07, 6.45) is 5.49. The number of hydrogen-bond acceptors (Lipinski definition) is 2. The first-order valence-corrected chi connectivity index (χ1v) is 12.0. The average Bonchev–Trinajstić information content (AvgIpc) is 3.06. The summed E-state index contributed by atoms with van der Waals surface area (Å²) in [4.78, 5) is 0. The van der Waals surface area contributed by atoms with E-state index in [2.05, 4.69) is 84.0 Å². The van der Waals surface area contributed by atoms with E-state index in [1.807, 2.05) is 0 Å². The maximum atomic E-state index is 11.3. The van der Waals surface area contributed by atoms with Crippen molar-refractivity contribution in [2.45, 2.75) is 59.8 Å². The molecule has 1 heterocycles. The number of nitrogens with zero attached hydrogens (tertiary/aromatic N) is 2. The molecular formula is C27H36N2NiO2. The molecule has 32 heavy (non-hydrogen) atoms. The molecule has 0 aromatic heterocycles. The third-order valence-electron chi connectivity index (χ3n) is 5.43. The van der Waals surface area contributed by atoms with Crippen LogP contribution in [0.15, 0.2) is 59.7 Å². The van der Waals surface area contributed by atoms with Gasteiger partial charge in [0, 0.05) is 22.3 Å². The summed E-state index contributed by atoms with van der Waals surface area (Å²) in [7, 11) is 3.12. The van der Waals surface area contributed by atoms with E-state index in [0.717, 1.165) is 56.9 Å². The summed E-state index contributed by atoms with van der Waals surface area (Å²) < 4.78 is 10.3. The molecule has 0 aliphatic carbocycles. The van der Waals surface area contributed by atoms with Gasteiger partial charge in [0.25, 0.3) is 0 Å². The minimum absolute atomic E-state index is 0.819. The van der Waals surface area contributed by atoms with Crippen molar-refractivity contribution in [1.29, 1.82) is 0 Å². The zero-order chi connectivity index (χ0) is 23.5. The molecule has 0 fully saturated rings. The van der Waals surface area contributed by atoms with Crippen LogP contribution in [0.1, 0.15) is 68.2 Å². The van der Waals surface area contributed by atoms with E-state index in [9.17, 15) is 5.53 Å². The summed E-state index contributed by atoms with van der Waals surface area (Å²) in [5.74, 6) is 0. The van der Waals surface area contributed by atoms with Gasteiger partial charge in [-0.2, -0.15) is 0 Å². The molecule has 4 nitrogen and oxygen atoms in total. The minimum atomic E-state index is 0.819. The van der Waals surface area contributed by atoms with Gasteiger partial charge in [0.2, 0.25) is 11.4 Å². The van der Waals surface area contributed by atoms with Gasteiger partial charge in [0.1, 0.15) is 0 Å². The van der Waals surface area contributed by atoms with Crippen LogP contribution >= 0.6 is 0 Å². The first kappa shape index (κ1) is 26.2. The Morgan fingerprint density at radius 2 is 1.34 bits per heavy atom. The first-order valence-electron chi connectivity index (χ1n) is 11.2. The fourth-order valence-corrected chi connectivity index (χ4v) is 4.25. The van der Waals surface area contributed by atoms with Gasteiger partial charge in [-0.05, 0) is 57.4 Å². The van der Waals surface area contributed by atoms with Crippen molar-refractivity contribution in [3.8, 4) is 0 Å². The molecular weight excluding hydrogens is 443 g/mol. The van der Waals surface area contributed by atoms with Gasteiger partial charge in [-0.3, -0.25) is 0 Å². The maximum absolute atomic E-state index is 11.3. The van der Waals surface area contributed by atoms with Crippen molar-refractivity contribution in [3.63, 3.8) is 0 Å². The van der Waals surface area contributed by atoms with Crippen molar-refractivity contribution in [1.82, 2.24) is 0 Å². The standard InChI is InChI=1S/C25H30N2.2CH3O.Ni/c1-5-7-8-15-23-22(6-2)24(20-13-9-11-18(3)16-20)27(26)25(23)21-14-10-12-19(4)17-21;2*1-2;/h9-14,16-17H,5-8,15H2,1-4H3;2*1H3;/q;2*-1;+2. The Morgan fingerprint density at radius 1 is 0.812 bits per heavy atom. The molecule has 0 amide bonds. The van der Waals surface area contributed by atoms with Crippen molar-refractivity contribution in [2.24, 2.45) is 0 Å². The summed E-state index contributed by atoms with van der Waals surface area (Å²) in [5.41, 5.74) is 20.4. The third kappa shape index (κ3) is 6.71. The van der Waals surface area contributed by atoms with E-state index < -0.39 is 0 Å². The fourth-order valence-electron chi connectivity index (χ4n) is 4.09. The monoisotopic (exact) mass is 478 g/mol. The summed E-state index contributed by atoms with van der Waals surface area (Å²) in [6, 6.07) is 16.9. The molecule has 0 bridgehead atoms. The van der Waals surface area contributed by atoms with Crippen LogP contribution < -0.4 is 0 Å². The van der Waals surface area contributed by atoms with E-state index in [4.69, 9.17) is 0 Å². The van der Waals surface area contributed by atoms with Crippen LogP contribution in [0.25, 0.3) is 16.9 Å². The Labute approximate surface area is 200 Å². The van der Waals surface area contributed by atoms with Gasteiger partial charge in [0.15, 0.2) is 0 Å². The van der Waals surface area contributed by atoms with E-state index in [-0.39, 0.29) is 0 Å². The Hall–Kier alpha value is -2.07. The SMILES string of the molecule is CCCCCC1=C(c2cccc(C)c2)[N+](=[N-])C(c2cccc(C)c2)=C1CC.C[O][Ni][O]C. The van der Waals surface area contributed by atoms with Gasteiger partial charge in [-0.1, -0.05) is 62.1 Å². The first-order chi connectivity index (χ1) is 15.5. The molecule has 0 saturated heterocycles. The van der Waals surface area contributed by atoms with E-state index in [0.29, 0.717) is 0 Å². The predicted octanol–water partition coefficient (Wildman–Crippen LogP) is 7.66. The van der Waals surface area contributed by atoms with Gasteiger partial charge < -0.3 is 5.53 Å². The molecule has 2 aromatic carbocycles. The normalized spacial score (nSPS) is 13.6. The molecule has 0 N–H and O–H groups in total. The zero-order valence-corrected chi connectivity index (χ0v) is 21.2. The Balaban J connectivity index is 0.000000654. The van der Waals surface area contributed by atoms with Crippen LogP contribution in [0.3, 0.4) is 0 Å². The van der Waals surface area contributed by atoms with Crippen LogP contribution in [0.5, 0.6) is 0 Å². The van der Waals surface area contributed by atoms with Gasteiger partial charge in [-0.25, -0.2) is 4.70 Å². The van der Waals surface area contributed by atoms with Crippen LogP contribution in [0, 0.1) is 13.8 Å². The molecule has 1 aliphatic heterocycles. The van der Waals surface area contributed by atoms with Crippen molar-refractivity contribution < 1.29 is 27.5 Å². The van der Waals surface area contributed by atoms with Gasteiger partial charge in [0.05, 0.1) is 0 Å². The molecule has 2 aromatic rings. The van der Waals surface area contributed by atoms with Crippen molar-refractivity contribution in [2.75, 3.05) is 14.2 Å². The molecule has 0 unspecified atom stereocenters. The third-order valence-corrected chi connectivity index (χ3v) is 5.76. The molecule has 0 atom stereocenters. The fraction of sp³-hybridized carbons (Fsp3) is 0.407. The van der Waals surface area contributed by atoms with Crippen molar-refractivity contribution in [3.05, 3.63) is 87.5 Å². The summed E-state index contributed by atoms with van der Waals surface area (Å²) >= 11 is 0.819. The summed E-state index contributed by atoms with van der Waals surface area (Å²) in [6.45, 7) is 8.63. The Kier molecular flexibility index (Phi) is 11.0. The van der Waals surface area contributed by atoms with Crippen LogP contribution in [0.4, 0.5) is 0 Å². The topological polar surface area (TPSA) is 43.8 Å². The van der Waals surface area contributed by atoms with Crippen molar-refractivity contribution >= 4 is 11.4 Å². The number of hydrogen-bond donors (Lipinski definition) is 0.